The SMILES string of the molecule is CCc1ccc(C(=O)NCc2ccnc(N3CCN(C)CC3)c2)o1. The number of amides is 1. The molecule has 3 rings (SSSR count). The number of nitrogens with one attached hydrogen (secondary N) is 1. The van der Waals surface area contributed by atoms with Crippen molar-refractivity contribution < 1.29 is 9.21 Å². The van der Waals surface area contributed by atoms with Crippen molar-refractivity contribution in [2.75, 3.05) is 38.1 Å². The van der Waals surface area contributed by atoms with Gasteiger partial charge in [-0.15, -0.1) is 0 Å². The lowest BCUT2D eigenvalue weighted by Crippen LogP contribution is -2.44. The summed E-state index contributed by atoms with van der Waals surface area (Å²) in [5.41, 5.74) is 1.04. The third-order valence-corrected chi connectivity index (χ3v) is 4.32. The summed E-state index contributed by atoms with van der Waals surface area (Å²) in [4.78, 5) is 21.2. The van der Waals surface area contributed by atoms with E-state index >= 15 is 0 Å². The first-order valence-corrected chi connectivity index (χ1v) is 8.41. The minimum atomic E-state index is -0.187. The molecule has 0 aliphatic carbocycles. The second kappa shape index (κ2) is 7.49. The molecule has 0 bridgehead atoms. The number of carbonyl (C=O) groups is 1. The number of hydrogen-bond acceptors (Lipinski definition) is 5. The molecule has 6 heteroatoms. The van der Waals surface area contributed by atoms with Crippen LogP contribution >= 0.6 is 0 Å². The minimum absolute atomic E-state index is 0.187. The van der Waals surface area contributed by atoms with Crippen molar-refractivity contribution in [1.82, 2.24) is 15.2 Å². The molecule has 2 aromatic rings. The van der Waals surface area contributed by atoms with Gasteiger partial charge in [0.2, 0.25) is 0 Å². The van der Waals surface area contributed by atoms with Gasteiger partial charge in [-0.2, -0.15) is 0 Å². The number of aromatic nitrogens is 1. The zero-order valence-electron chi connectivity index (χ0n) is 14.3. The Labute approximate surface area is 142 Å². The molecule has 0 radical (unpaired) electrons. The third-order valence-electron chi connectivity index (χ3n) is 4.32. The summed E-state index contributed by atoms with van der Waals surface area (Å²) in [5.74, 6) is 1.97. The van der Waals surface area contributed by atoms with Gasteiger partial charge in [-0.05, 0) is 36.9 Å². The van der Waals surface area contributed by atoms with E-state index < -0.39 is 0 Å². The highest BCUT2D eigenvalue weighted by Crippen LogP contribution is 2.15. The maximum atomic E-state index is 12.1. The van der Waals surface area contributed by atoms with Crippen molar-refractivity contribution in [2.45, 2.75) is 19.9 Å². The predicted octanol–water partition coefficient (Wildman–Crippen LogP) is 1.92. The fourth-order valence-electron chi connectivity index (χ4n) is 2.74. The fourth-order valence-corrected chi connectivity index (χ4v) is 2.74. The normalized spacial score (nSPS) is 15.5. The van der Waals surface area contributed by atoms with E-state index in [1.807, 2.05) is 25.1 Å². The second-order valence-corrected chi connectivity index (χ2v) is 6.11. The third kappa shape index (κ3) is 3.94. The molecule has 1 amide bonds. The molecule has 128 valence electrons. The highest BCUT2D eigenvalue weighted by atomic mass is 16.3. The van der Waals surface area contributed by atoms with Crippen molar-refractivity contribution in [3.8, 4) is 0 Å². The Morgan fingerprint density at radius 3 is 2.75 bits per heavy atom. The van der Waals surface area contributed by atoms with Crippen LogP contribution in [-0.2, 0) is 13.0 Å². The zero-order chi connectivity index (χ0) is 16.9. The largest absolute Gasteiger partial charge is 0.456 e. The maximum Gasteiger partial charge on any atom is 0.287 e. The van der Waals surface area contributed by atoms with E-state index in [9.17, 15) is 4.79 Å². The van der Waals surface area contributed by atoms with E-state index in [0.29, 0.717) is 12.3 Å². The second-order valence-electron chi connectivity index (χ2n) is 6.11. The van der Waals surface area contributed by atoms with E-state index in [1.165, 1.54) is 0 Å². The lowest BCUT2D eigenvalue weighted by molar-refractivity contribution is 0.0921. The van der Waals surface area contributed by atoms with Gasteiger partial charge >= 0.3 is 0 Å². The molecule has 3 heterocycles. The monoisotopic (exact) mass is 328 g/mol. The smallest absolute Gasteiger partial charge is 0.287 e. The summed E-state index contributed by atoms with van der Waals surface area (Å²) in [7, 11) is 2.13. The molecule has 1 N–H and O–H groups in total. The average molecular weight is 328 g/mol. The van der Waals surface area contributed by atoms with Gasteiger partial charge in [-0.3, -0.25) is 4.79 Å². The van der Waals surface area contributed by atoms with E-state index in [1.54, 1.807) is 12.3 Å². The Hall–Kier alpha value is -2.34. The lowest BCUT2D eigenvalue weighted by atomic mass is 10.2. The molecule has 0 spiro atoms. The van der Waals surface area contributed by atoms with E-state index in [4.69, 9.17) is 4.42 Å². The van der Waals surface area contributed by atoms with Crippen molar-refractivity contribution in [3.63, 3.8) is 0 Å². The maximum absolute atomic E-state index is 12.1. The summed E-state index contributed by atoms with van der Waals surface area (Å²) < 4.78 is 5.47. The van der Waals surface area contributed by atoms with Gasteiger partial charge in [0.1, 0.15) is 11.6 Å². The van der Waals surface area contributed by atoms with Gasteiger partial charge in [0.05, 0.1) is 0 Å². The Bertz CT molecular complexity index is 690. The predicted molar refractivity (Wildman–Crippen MR) is 93.2 cm³/mol. The standard InChI is InChI=1S/C18H24N4O2/c1-3-15-4-5-16(24-15)18(23)20-13-14-6-7-19-17(12-14)22-10-8-21(2)9-11-22/h4-7,12H,3,8-11,13H2,1-2H3,(H,20,23). The average Bonchev–Trinajstić information content (AvgIpc) is 3.10. The number of rotatable bonds is 5. The van der Waals surface area contributed by atoms with Gasteiger partial charge in [-0.25, -0.2) is 4.98 Å². The Morgan fingerprint density at radius 2 is 2.04 bits per heavy atom. The van der Waals surface area contributed by atoms with Gasteiger partial charge in [0.15, 0.2) is 5.76 Å². The fraction of sp³-hybridized carbons (Fsp3) is 0.444. The van der Waals surface area contributed by atoms with Crippen LogP contribution in [0.2, 0.25) is 0 Å². The minimum Gasteiger partial charge on any atom is -0.456 e. The quantitative estimate of drug-likeness (QED) is 0.908. The van der Waals surface area contributed by atoms with Crippen LogP contribution < -0.4 is 10.2 Å². The number of hydrogen-bond donors (Lipinski definition) is 1. The Balaban J connectivity index is 1.59. The van der Waals surface area contributed by atoms with Crippen LogP contribution in [0, 0.1) is 0 Å². The highest BCUT2D eigenvalue weighted by molar-refractivity contribution is 5.91. The van der Waals surface area contributed by atoms with Crippen LogP contribution in [0.5, 0.6) is 0 Å². The first-order chi connectivity index (χ1) is 11.7. The van der Waals surface area contributed by atoms with Crippen molar-refractivity contribution in [2.24, 2.45) is 0 Å². The zero-order valence-corrected chi connectivity index (χ0v) is 14.3. The number of pyridine rings is 1. The summed E-state index contributed by atoms with van der Waals surface area (Å²) >= 11 is 0. The topological polar surface area (TPSA) is 61.6 Å². The Kier molecular flexibility index (Phi) is 5.15. The van der Waals surface area contributed by atoms with Crippen LogP contribution in [-0.4, -0.2) is 49.0 Å². The molecule has 6 nitrogen and oxygen atoms in total. The van der Waals surface area contributed by atoms with Crippen LogP contribution in [0.4, 0.5) is 5.82 Å². The summed E-state index contributed by atoms with van der Waals surface area (Å²) in [5, 5.41) is 2.90. The first kappa shape index (κ1) is 16.5. The number of aryl methyl sites for hydroxylation is 1. The number of nitrogens with zero attached hydrogens (tertiary/aromatic N) is 3. The molecular formula is C18H24N4O2. The molecule has 2 aromatic heterocycles. The van der Waals surface area contributed by atoms with E-state index in [2.05, 4.69) is 27.1 Å². The molecule has 0 aromatic carbocycles. The van der Waals surface area contributed by atoms with Crippen LogP contribution in [0.25, 0.3) is 0 Å². The molecular weight excluding hydrogens is 304 g/mol. The number of likely N-dealkylation sites (N-methyl/N-ethyl adjacent to an activating group) is 1. The molecule has 1 aliphatic heterocycles. The summed E-state index contributed by atoms with van der Waals surface area (Å²) in [6.45, 7) is 6.50. The Morgan fingerprint density at radius 1 is 1.25 bits per heavy atom. The molecule has 0 saturated carbocycles. The van der Waals surface area contributed by atoms with E-state index in [0.717, 1.165) is 49.7 Å². The molecule has 1 saturated heterocycles. The highest BCUT2D eigenvalue weighted by Gasteiger charge is 2.16. The van der Waals surface area contributed by atoms with Gasteiger partial charge in [0.25, 0.3) is 5.91 Å². The van der Waals surface area contributed by atoms with Crippen molar-refractivity contribution in [1.29, 1.82) is 0 Å². The van der Waals surface area contributed by atoms with Crippen LogP contribution in [0.1, 0.15) is 28.8 Å². The van der Waals surface area contributed by atoms with Crippen molar-refractivity contribution in [3.05, 3.63) is 47.5 Å². The van der Waals surface area contributed by atoms with Gasteiger partial charge < -0.3 is 19.5 Å². The number of anilines is 1. The molecule has 0 atom stereocenters. The number of piperazine rings is 1. The molecule has 1 fully saturated rings. The summed E-state index contributed by atoms with van der Waals surface area (Å²) in [6.07, 6.45) is 2.59. The summed E-state index contributed by atoms with van der Waals surface area (Å²) in [6, 6.07) is 7.54. The van der Waals surface area contributed by atoms with Crippen LogP contribution in [0.15, 0.2) is 34.9 Å². The van der Waals surface area contributed by atoms with Crippen LogP contribution in [0.3, 0.4) is 0 Å². The van der Waals surface area contributed by atoms with Gasteiger partial charge in [-0.1, -0.05) is 6.92 Å². The first-order valence-electron chi connectivity index (χ1n) is 8.41. The number of furan rings is 1. The van der Waals surface area contributed by atoms with Crippen molar-refractivity contribution >= 4 is 11.7 Å². The number of carbonyl (C=O) groups excluding carboxylic acids is 1. The molecule has 0 unspecified atom stereocenters. The van der Waals surface area contributed by atoms with E-state index in [-0.39, 0.29) is 5.91 Å². The molecule has 24 heavy (non-hydrogen) atoms. The molecule has 1 aliphatic rings. The van der Waals surface area contributed by atoms with Gasteiger partial charge in [0, 0.05) is 45.3 Å². The lowest BCUT2D eigenvalue weighted by Gasteiger charge is -2.33.